The van der Waals surface area contributed by atoms with E-state index in [9.17, 15) is 0 Å². The van der Waals surface area contributed by atoms with Gasteiger partial charge in [-0.2, -0.15) is 0 Å². The molecule has 2 N–H and O–H groups in total. The van der Waals surface area contributed by atoms with E-state index in [1.165, 1.54) is 11.1 Å². The van der Waals surface area contributed by atoms with Crippen LogP contribution in [0.5, 0.6) is 0 Å². The second-order valence-corrected chi connectivity index (χ2v) is 4.54. The molecule has 0 aliphatic rings. The van der Waals surface area contributed by atoms with Crippen molar-refractivity contribution in [3.8, 4) is 0 Å². The number of rotatable bonds is 5. The molecular weight excluding hydrogens is 198 g/mol. The summed E-state index contributed by atoms with van der Waals surface area (Å²) in [4.78, 5) is 0. The van der Waals surface area contributed by atoms with Gasteiger partial charge in [-0.05, 0) is 11.1 Å². The molecule has 0 unspecified atom stereocenters. The Hall–Kier alpha value is -1.12. The van der Waals surface area contributed by atoms with E-state index in [1.807, 2.05) is 12.1 Å². The van der Waals surface area contributed by atoms with E-state index in [1.54, 1.807) is 7.11 Å². The lowest BCUT2D eigenvalue weighted by Gasteiger charge is -2.26. The van der Waals surface area contributed by atoms with Crippen LogP contribution in [0.1, 0.15) is 25.0 Å². The fourth-order valence-electron chi connectivity index (χ4n) is 1.89. The van der Waals surface area contributed by atoms with Crippen molar-refractivity contribution in [3.05, 3.63) is 41.5 Å². The van der Waals surface area contributed by atoms with Crippen LogP contribution >= 0.6 is 0 Å². The molecule has 0 aliphatic carbocycles. The molecule has 0 atom stereocenters. The highest BCUT2D eigenvalue weighted by atomic mass is 16.5. The summed E-state index contributed by atoms with van der Waals surface area (Å²) in [6.45, 7) is 5.65. The molecular formula is C14H21NO. The van der Waals surface area contributed by atoms with Crippen molar-refractivity contribution in [1.82, 2.24) is 0 Å². The van der Waals surface area contributed by atoms with Crippen LogP contribution in [0.3, 0.4) is 0 Å². The molecule has 0 aromatic heterocycles. The first kappa shape index (κ1) is 12.9. The lowest BCUT2D eigenvalue weighted by atomic mass is 9.82. The number of methoxy groups -OCH3 is 1. The van der Waals surface area contributed by atoms with Crippen LogP contribution in [0.15, 0.2) is 30.3 Å². The molecule has 1 rings (SSSR count). The molecule has 1 aromatic carbocycles. The molecule has 0 aliphatic heterocycles. The van der Waals surface area contributed by atoms with Gasteiger partial charge in [0, 0.05) is 19.1 Å². The minimum Gasteiger partial charge on any atom is -0.384 e. The topological polar surface area (TPSA) is 35.2 Å². The summed E-state index contributed by atoms with van der Waals surface area (Å²) in [7, 11) is 1.74. The number of hydrogen-bond acceptors (Lipinski definition) is 2. The average Bonchev–Trinajstić information content (AvgIpc) is 2.26. The molecule has 16 heavy (non-hydrogen) atoms. The van der Waals surface area contributed by atoms with E-state index in [0.29, 0.717) is 13.2 Å². The van der Waals surface area contributed by atoms with Crippen LogP contribution in [-0.4, -0.2) is 20.3 Å². The zero-order chi connectivity index (χ0) is 12.0. The predicted molar refractivity (Wildman–Crippen MR) is 69.4 cm³/mol. The van der Waals surface area contributed by atoms with Crippen molar-refractivity contribution in [2.24, 2.45) is 5.73 Å². The predicted octanol–water partition coefficient (Wildman–Crippen LogP) is 2.58. The van der Waals surface area contributed by atoms with Gasteiger partial charge in [0.2, 0.25) is 0 Å². The normalized spacial score (nSPS) is 12.2. The summed E-state index contributed by atoms with van der Waals surface area (Å²) in [6.07, 6.45) is 4.05. The molecule has 0 heterocycles. The Balaban J connectivity index is 3.07. The Morgan fingerprint density at radius 1 is 1.31 bits per heavy atom. The number of nitrogens with two attached hydrogens (primary N) is 1. The van der Waals surface area contributed by atoms with Crippen LogP contribution in [-0.2, 0) is 10.2 Å². The molecule has 2 nitrogen and oxygen atoms in total. The third-order valence-corrected chi connectivity index (χ3v) is 2.63. The number of hydrogen-bond donors (Lipinski definition) is 1. The summed E-state index contributed by atoms with van der Waals surface area (Å²) >= 11 is 0. The first-order valence-electron chi connectivity index (χ1n) is 5.57. The quantitative estimate of drug-likeness (QED) is 0.826. The lowest BCUT2D eigenvalue weighted by Crippen LogP contribution is -2.24. The van der Waals surface area contributed by atoms with E-state index in [2.05, 4.69) is 38.1 Å². The highest BCUT2D eigenvalue weighted by Gasteiger charge is 2.22. The van der Waals surface area contributed by atoms with Crippen LogP contribution in [0, 0.1) is 0 Å². The van der Waals surface area contributed by atoms with Gasteiger partial charge in [0.05, 0.1) is 6.61 Å². The highest BCUT2D eigenvalue weighted by Crippen LogP contribution is 2.27. The van der Waals surface area contributed by atoms with Gasteiger partial charge in [0.1, 0.15) is 0 Å². The number of benzene rings is 1. The Bertz CT molecular complexity index is 356. The van der Waals surface area contributed by atoms with Crippen LogP contribution in [0.25, 0.3) is 6.08 Å². The van der Waals surface area contributed by atoms with Gasteiger partial charge >= 0.3 is 0 Å². The minimum absolute atomic E-state index is 0.0181. The molecule has 0 saturated heterocycles. The van der Waals surface area contributed by atoms with Crippen molar-refractivity contribution in [1.29, 1.82) is 0 Å². The molecule has 1 aromatic rings. The monoisotopic (exact) mass is 219 g/mol. The van der Waals surface area contributed by atoms with Crippen molar-refractivity contribution in [2.45, 2.75) is 19.3 Å². The maximum atomic E-state index is 5.48. The van der Waals surface area contributed by atoms with Gasteiger partial charge in [0.25, 0.3) is 0 Å². The van der Waals surface area contributed by atoms with E-state index in [4.69, 9.17) is 10.5 Å². The lowest BCUT2D eigenvalue weighted by molar-refractivity contribution is 0.146. The van der Waals surface area contributed by atoms with E-state index >= 15 is 0 Å². The summed E-state index contributed by atoms with van der Waals surface area (Å²) < 4.78 is 5.27. The molecule has 0 bridgehead atoms. The summed E-state index contributed by atoms with van der Waals surface area (Å²) in [6, 6.07) is 8.36. The zero-order valence-corrected chi connectivity index (χ0v) is 10.4. The van der Waals surface area contributed by atoms with Crippen LogP contribution in [0.2, 0.25) is 0 Å². The van der Waals surface area contributed by atoms with Gasteiger partial charge in [-0.15, -0.1) is 0 Å². The van der Waals surface area contributed by atoms with Gasteiger partial charge in [-0.25, -0.2) is 0 Å². The van der Waals surface area contributed by atoms with E-state index in [-0.39, 0.29) is 5.41 Å². The highest BCUT2D eigenvalue weighted by molar-refractivity contribution is 5.56. The second-order valence-electron chi connectivity index (χ2n) is 4.54. The molecule has 0 radical (unpaired) electrons. The summed E-state index contributed by atoms with van der Waals surface area (Å²) in [5.41, 5.74) is 8.01. The Morgan fingerprint density at radius 3 is 2.62 bits per heavy atom. The molecule has 0 amide bonds. The molecule has 0 fully saturated rings. The summed E-state index contributed by atoms with van der Waals surface area (Å²) in [5.74, 6) is 0. The Morgan fingerprint density at radius 2 is 2.00 bits per heavy atom. The zero-order valence-electron chi connectivity index (χ0n) is 10.4. The van der Waals surface area contributed by atoms with Gasteiger partial charge < -0.3 is 10.5 Å². The second kappa shape index (κ2) is 5.83. The van der Waals surface area contributed by atoms with Gasteiger partial charge in [-0.3, -0.25) is 0 Å². The van der Waals surface area contributed by atoms with Crippen LogP contribution < -0.4 is 5.73 Å². The SMILES string of the molecule is COCC(C)(C)c1ccccc1/C=C/CN. The molecule has 0 saturated carbocycles. The number of ether oxygens (including phenoxy) is 1. The molecule has 88 valence electrons. The first-order chi connectivity index (χ1) is 7.61. The largest absolute Gasteiger partial charge is 0.384 e. The fraction of sp³-hybridized carbons (Fsp3) is 0.429. The van der Waals surface area contributed by atoms with Crippen molar-refractivity contribution < 1.29 is 4.74 Å². The van der Waals surface area contributed by atoms with Crippen molar-refractivity contribution in [2.75, 3.05) is 20.3 Å². The van der Waals surface area contributed by atoms with E-state index < -0.39 is 0 Å². The summed E-state index contributed by atoms with van der Waals surface area (Å²) in [5, 5.41) is 0. The first-order valence-corrected chi connectivity index (χ1v) is 5.57. The maximum Gasteiger partial charge on any atom is 0.0554 e. The standard InChI is InChI=1S/C14H21NO/c1-14(2,11-16-3)13-9-5-4-7-12(13)8-6-10-15/h4-9H,10-11,15H2,1-3H3/b8-6+. The van der Waals surface area contributed by atoms with E-state index in [0.717, 1.165) is 0 Å². The maximum absolute atomic E-state index is 5.48. The fourth-order valence-corrected chi connectivity index (χ4v) is 1.89. The average molecular weight is 219 g/mol. The molecule has 0 spiro atoms. The third kappa shape index (κ3) is 3.19. The minimum atomic E-state index is 0.0181. The van der Waals surface area contributed by atoms with Crippen LogP contribution in [0.4, 0.5) is 0 Å². The van der Waals surface area contributed by atoms with Gasteiger partial charge in [0.15, 0.2) is 0 Å². The van der Waals surface area contributed by atoms with Crippen molar-refractivity contribution in [3.63, 3.8) is 0 Å². The third-order valence-electron chi connectivity index (χ3n) is 2.63. The molecule has 2 heteroatoms. The smallest absolute Gasteiger partial charge is 0.0554 e. The van der Waals surface area contributed by atoms with Crippen molar-refractivity contribution >= 4 is 6.08 Å². The Kier molecular flexibility index (Phi) is 4.71. The van der Waals surface area contributed by atoms with Gasteiger partial charge in [-0.1, -0.05) is 50.3 Å². The Labute approximate surface area is 98.1 Å².